The first-order valence-corrected chi connectivity index (χ1v) is 9.81. The molecule has 0 saturated heterocycles. The number of amides is 1. The van der Waals surface area contributed by atoms with Crippen molar-refractivity contribution in [3.63, 3.8) is 0 Å². The smallest absolute Gasteiger partial charge is 0.332 e. The third kappa shape index (κ3) is 3.73. The highest BCUT2D eigenvalue weighted by molar-refractivity contribution is 5.95. The van der Waals surface area contributed by atoms with Crippen LogP contribution in [0.25, 0.3) is 11.2 Å². The number of fused-ring (bicyclic) bond motifs is 1. The molecule has 164 valence electrons. The average Bonchev–Trinajstić information content (AvgIpc) is 3.18. The van der Waals surface area contributed by atoms with Crippen LogP contribution in [0.1, 0.15) is 15.9 Å². The molecule has 2 aromatic carbocycles. The van der Waals surface area contributed by atoms with Crippen LogP contribution in [0.15, 0.2) is 64.2 Å². The fourth-order valence-electron chi connectivity index (χ4n) is 3.39. The molecule has 0 radical (unpaired) electrons. The molecule has 32 heavy (non-hydrogen) atoms. The number of aromatic nitrogens is 4. The van der Waals surface area contributed by atoms with Crippen LogP contribution in [-0.4, -0.2) is 31.7 Å². The Balaban J connectivity index is 1.74. The Kier molecular flexibility index (Phi) is 5.50. The van der Waals surface area contributed by atoms with E-state index in [1.54, 1.807) is 43.0 Å². The van der Waals surface area contributed by atoms with Crippen molar-refractivity contribution < 1.29 is 9.53 Å². The molecule has 4 aromatic rings. The standard InChI is InChI=1S/C22H22N6O4/c1-26-18-17(20(30)27(2)22(26)31)28(13-14-7-5-4-6-8-14)21(23-18)25-24-19(29)15-9-11-16(32-3)12-10-15/h4-12H,13H2,1-3H3,(H,23,25)(H,24,29). The molecule has 0 aliphatic carbocycles. The van der Waals surface area contributed by atoms with Gasteiger partial charge in [0.15, 0.2) is 11.2 Å². The number of hydrogen-bond donors (Lipinski definition) is 2. The summed E-state index contributed by atoms with van der Waals surface area (Å²) in [4.78, 5) is 42.3. The second-order valence-corrected chi connectivity index (χ2v) is 7.19. The van der Waals surface area contributed by atoms with E-state index in [-0.39, 0.29) is 17.1 Å². The van der Waals surface area contributed by atoms with E-state index >= 15 is 0 Å². The third-order valence-corrected chi connectivity index (χ3v) is 5.17. The number of rotatable bonds is 6. The van der Waals surface area contributed by atoms with Crippen LogP contribution in [0, 0.1) is 0 Å². The van der Waals surface area contributed by atoms with Crippen LogP contribution >= 0.6 is 0 Å². The second-order valence-electron chi connectivity index (χ2n) is 7.19. The third-order valence-electron chi connectivity index (χ3n) is 5.17. The fourth-order valence-corrected chi connectivity index (χ4v) is 3.39. The Morgan fingerprint density at radius 1 is 1.00 bits per heavy atom. The number of methoxy groups -OCH3 is 1. The molecular weight excluding hydrogens is 412 g/mol. The lowest BCUT2D eigenvalue weighted by atomic mass is 10.2. The molecule has 0 fully saturated rings. The molecule has 0 spiro atoms. The van der Waals surface area contributed by atoms with E-state index in [9.17, 15) is 14.4 Å². The van der Waals surface area contributed by atoms with E-state index in [2.05, 4.69) is 15.8 Å². The number of carbonyl (C=O) groups is 1. The molecule has 0 unspecified atom stereocenters. The van der Waals surface area contributed by atoms with Crippen LogP contribution < -0.4 is 26.8 Å². The van der Waals surface area contributed by atoms with E-state index in [0.29, 0.717) is 17.9 Å². The Bertz CT molecular complexity index is 1400. The summed E-state index contributed by atoms with van der Waals surface area (Å²) in [6.07, 6.45) is 0. The number of benzene rings is 2. The molecule has 0 aliphatic heterocycles. The van der Waals surface area contributed by atoms with Crippen LogP contribution in [0.3, 0.4) is 0 Å². The minimum Gasteiger partial charge on any atom is -0.497 e. The molecule has 1 amide bonds. The number of carbonyl (C=O) groups excluding carboxylic acids is 1. The number of hydrogen-bond acceptors (Lipinski definition) is 6. The molecular formula is C22H22N6O4. The first-order chi connectivity index (χ1) is 15.4. The maximum absolute atomic E-state index is 12.9. The minimum atomic E-state index is -0.485. The molecule has 4 rings (SSSR count). The first kappa shape index (κ1) is 20.9. The van der Waals surface area contributed by atoms with Gasteiger partial charge < -0.3 is 4.74 Å². The molecule has 0 aliphatic rings. The average molecular weight is 434 g/mol. The monoisotopic (exact) mass is 434 g/mol. The van der Waals surface area contributed by atoms with Gasteiger partial charge in [0, 0.05) is 19.7 Å². The maximum Gasteiger partial charge on any atom is 0.332 e. The number of aryl methyl sites for hydroxylation is 1. The van der Waals surface area contributed by atoms with Gasteiger partial charge in [-0.3, -0.25) is 34.1 Å². The summed E-state index contributed by atoms with van der Waals surface area (Å²) in [5.41, 5.74) is 6.24. The number of nitrogens with one attached hydrogen (secondary N) is 2. The Morgan fingerprint density at radius 2 is 1.69 bits per heavy atom. The van der Waals surface area contributed by atoms with Crippen LogP contribution in [0.5, 0.6) is 5.75 Å². The Hall–Kier alpha value is -4.34. The molecule has 10 heteroatoms. The molecule has 2 heterocycles. The minimum absolute atomic E-state index is 0.218. The Morgan fingerprint density at radius 3 is 2.34 bits per heavy atom. The normalized spacial score (nSPS) is 10.8. The SMILES string of the molecule is COc1ccc(C(=O)NNc2nc3c(c(=O)n(C)c(=O)n3C)n2Cc2ccccc2)cc1. The summed E-state index contributed by atoms with van der Waals surface area (Å²) < 4.78 is 9.08. The van der Waals surface area contributed by atoms with Gasteiger partial charge in [0.1, 0.15) is 5.75 Å². The topological polar surface area (TPSA) is 112 Å². The number of anilines is 1. The summed E-state index contributed by atoms with van der Waals surface area (Å²) in [6, 6.07) is 16.1. The molecule has 0 bridgehead atoms. The van der Waals surface area contributed by atoms with Crippen molar-refractivity contribution in [2.75, 3.05) is 12.5 Å². The van der Waals surface area contributed by atoms with Crippen LogP contribution in [0.2, 0.25) is 0 Å². The van der Waals surface area contributed by atoms with Gasteiger partial charge in [0.25, 0.3) is 11.5 Å². The number of imidazole rings is 1. The zero-order valence-corrected chi connectivity index (χ0v) is 17.8. The van der Waals surface area contributed by atoms with E-state index in [0.717, 1.165) is 10.1 Å². The summed E-state index contributed by atoms with van der Waals surface area (Å²) in [7, 11) is 4.51. The van der Waals surface area contributed by atoms with Crippen molar-refractivity contribution in [1.82, 2.24) is 24.1 Å². The maximum atomic E-state index is 12.9. The zero-order valence-electron chi connectivity index (χ0n) is 17.8. The lowest BCUT2D eigenvalue weighted by Crippen LogP contribution is -2.37. The molecule has 0 atom stereocenters. The van der Waals surface area contributed by atoms with E-state index < -0.39 is 17.2 Å². The first-order valence-electron chi connectivity index (χ1n) is 9.81. The fraction of sp³-hybridized carbons (Fsp3) is 0.182. The summed E-state index contributed by atoms with van der Waals surface area (Å²) >= 11 is 0. The molecule has 0 saturated carbocycles. The van der Waals surface area contributed by atoms with E-state index in [1.807, 2.05) is 30.3 Å². The van der Waals surface area contributed by atoms with Gasteiger partial charge in [0.2, 0.25) is 5.95 Å². The summed E-state index contributed by atoms with van der Waals surface area (Å²) in [5, 5.41) is 0. The number of hydrazine groups is 1. The zero-order chi connectivity index (χ0) is 22.8. The molecule has 2 aromatic heterocycles. The van der Waals surface area contributed by atoms with Crippen LogP contribution in [0.4, 0.5) is 5.95 Å². The highest BCUT2D eigenvalue weighted by Gasteiger charge is 2.20. The van der Waals surface area contributed by atoms with E-state index in [1.165, 1.54) is 11.6 Å². The predicted octanol–water partition coefficient (Wildman–Crippen LogP) is 1.25. The van der Waals surface area contributed by atoms with Gasteiger partial charge in [-0.1, -0.05) is 30.3 Å². The van der Waals surface area contributed by atoms with Gasteiger partial charge in [-0.2, -0.15) is 4.98 Å². The van der Waals surface area contributed by atoms with Gasteiger partial charge in [-0.15, -0.1) is 0 Å². The largest absolute Gasteiger partial charge is 0.497 e. The number of ether oxygens (including phenoxy) is 1. The van der Waals surface area contributed by atoms with Crippen molar-refractivity contribution >= 4 is 23.0 Å². The lowest BCUT2D eigenvalue weighted by molar-refractivity contribution is 0.0962. The number of nitrogens with zero attached hydrogens (tertiary/aromatic N) is 4. The van der Waals surface area contributed by atoms with Gasteiger partial charge in [-0.05, 0) is 29.8 Å². The second kappa shape index (κ2) is 8.42. The van der Waals surface area contributed by atoms with Gasteiger partial charge >= 0.3 is 5.69 Å². The van der Waals surface area contributed by atoms with Crippen molar-refractivity contribution in [3.8, 4) is 5.75 Å². The lowest BCUT2D eigenvalue weighted by Gasteiger charge is -2.12. The quantitative estimate of drug-likeness (QED) is 0.442. The summed E-state index contributed by atoms with van der Waals surface area (Å²) in [6.45, 7) is 0.311. The predicted molar refractivity (Wildman–Crippen MR) is 120 cm³/mol. The van der Waals surface area contributed by atoms with Crippen molar-refractivity contribution in [1.29, 1.82) is 0 Å². The van der Waals surface area contributed by atoms with Crippen molar-refractivity contribution in [2.45, 2.75) is 6.54 Å². The van der Waals surface area contributed by atoms with Gasteiger partial charge in [-0.25, -0.2) is 4.79 Å². The van der Waals surface area contributed by atoms with Crippen molar-refractivity contribution in [3.05, 3.63) is 86.6 Å². The van der Waals surface area contributed by atoms with Crippen molar-refractivity contribution in [2.24, 2.45) is 14.1 Å². The van der Waals surface area contributed by atoms with Gasteiger partial charge in [0.05, 0.1) is 13.7 Å². The highest BCUT2D eigenvalue weighted by Crippen LogP contribution is 2.18. The molecule has 2 N–H and O–H groups in total. The Labute approximate surface area is 182 Å². The van der Waals surface area contributed by atoms with Crippen LogP contribution in [-0.2, 0) is 20.6 Å². The van der Waals surface area contributed by atoms with E-state index in [4.69, 9.17) is 4.74 Å². The summed E-state index contributed by atoms with van der Waals surface area (Å²) in [5.74, 6) is 0.465. The highest BCUT2D eigenvalue weighted by atomic mass is 16.5. The molecule has 10 nitrogen and oxygen atoms in total.